The maximum absolute atomic E-state index is 8.97. The summed E-state index contributed by atoms with van der Waals surface area (Å²) in [4.78, 5) is 3.25. The van der Waals surface area contributed by atoms with Crippen LogP contribution in [-0.2, 0) is 0 Å². The molecule has 0 amide bonds. The summed E-state index contributed by atoms with van der Waals surface area (Å²) in [5, 5.41) is 14.5. The number of quaternary nitrogens is 1. The SMILES string of the molecule is N#CC1=c2c([nH]c3ccc(Cl)cc23)=C[NH2+]1. The van der Waals surface area contributed by atoms with Gasteiger partial charge in [0.15, 0.2) is 6.07 Å². The predicted molar refractivity (Wildman–Crippen MR) is 58.0 cm³/mol. The largest absolute Gasteiger partial charge is 0.350 e. The van der Waals surface area contributed by atoms with Crippen molar-refractivity contribution in [3.8, 4) is 6.07 Å². The Morgan fingerprint density at radius 2 is 2.27 bits per heavy atom. The summed E-state index contributed by atoms with van der Waals surface area (Å²) >= 11 is 5.94. The third kappa shape index (κ3) is 1.09. The molecule has 0 radical (unpaired) electrons. The highest BCUT2D eigenvalue weighted by molar-refractivity contribution is 6.31. The summed E-state index contributed by atoms with van der Waals surface area (Å²) in [5.41, 5.74) is 1.71. The van der Waals surface area contributed by atoms with Crippen molar-refractivity contribution in [1.82, 2.24) is 4.98 Å². The van der Waals surface area contributed by atoms with Crippen LogP contribution in [0.4, 0.5) is 0 Å². The highest BCUT2D eigenvalue weighted by Crippen LogP contribution is 2.14. The monoisotopic (exact) mass is 216 g/mol. The zero-order valence-corrected chi connectivity index (χ0v) is 8.47. The van der Waals surface area contributed by atoms with Gasteiger partial charge in [0, 0.05) is 15.9 Å². The number of halogens is 1. The Balaban J connectivity index is 2.63. The van der Waals surface area contributed by atoms with Gasteiger partial charge in [-0.1, -0.05) is 11.6 Å². The van der Waals surface area contributed by atoms with Gasteiger partial charge in [-0.15, -0.1) is 0 Å². The lowest BCUT2D eigenvalue weighted by atomic mass is 10.2. The lowest BCUT2D eigenvalue weighted by Crippen LogP contribution is -2.73. The number of nitrogens with one attached hydrogen (secondary N) is 1. The van der Waals surface area contributed by atoms with E-state index in [1.807, 2.05) is 29.7 Å². The molecule has 0 aliphatic carbocycles. The van der Waals surface area contributed by atoms with Gasteiger partial charge >= 0.3 is 0 Å². The van der Waals surface area contributed by atoms with Gasteiger partial charge in [-0.25, -0.2) is 0 Å². The van der Waals surface area contributed by atoms with Crippen molar-refractivity contribution >= 4 is 34.4 Å². The van der Waals surface area contributed by atoms with E-state index in [0.717, 1.165) is 21.5 Å². The van der Waals surface area contributed by atoms with Crippen LogP contribution in [0.3, 0.4) is 0 Å². The number of nitrogens with zero attached hydrogens (tertiary/aromatic N) is 1. The lowest BCUT2D eigenvalue weighted by Gasteiger charge is -1.91. The molecule has 1 aromatic carbocycles. The number of aromatic amines is 1. The molecule has 72 valence electrons. The van der Waals surface area contributed by atoms with Crippen LogP contribution < -0.4 is 15.9 Å². The second kappa shape index (κ2) is 2.86. The van der Waals surface area contributed by atoms with Gasteiger partial charge < -0.3 is 4.98 Å². The van der Waals surface area contributed by atoms with Gasteiger partial charge in [-0.2, -0.15) is 5.26 Å². The van der Waals surface area contributed by atoms with Crippen LogP contribution in [0.15, 0.2) is 18.2 Å². The highest BCUT2D eigenvalue weighted by atomic mass is 35.5. The minimum absolute atomic E-state index is 0.688. The highest BCUT2D eigenvalue weighted by Gasteiger charge is 2.14. The molecule has 0 atom stereocenters. The fourth-order valence-corrected chi connectivity index (χ4v) is 2.12. The van der Waals surface area contributed by atoms with E-state index in [4.69, 9.17) is 16.9 Å². The third-order valence-electron chi connectivity index (χ3n) is 2.60. The first-order chi connectivity index (χ1) is 7.29. The normalized spacial score (nSPS) is 13.7. The first-order valence-electron chi connectivity index (χ1n) is 4.56. The number of benzene rings is 1. The zero-order valence-electron chi connectivity index (χ0n) is 7.71. The maximum atomic E-state index is 8.97. The van der Waals surface area contributed by atoms with Gasteiger partial charge in [0.25, 0.3) is 0 Å². The Morgan fingerprint density at radius 3 is 3.07 bits per heavy atom. The van der Waals surface area contributed by atoms with Crippen molar-refractivity contribution in [2.24, 2.45) is 0 Å². The molecule has 1 aromatic heterocycles. The number of aromatic nitrogens is 1. The van der Waals surface area contributed by atoms with Crippen LogP contribution >= 0.6 is 11.6 Å². The van der Waals surface area contributed by atoms with Gasteiger partial charge in [0.2, 0.25) is 5.70 Å². The smallest absolute Gasteiger partial charge is 0.222 e. The number of fused-ring (bicyclic) bond motifs is 3. The minimum atomic E-state index is 0.688. The van der Waals surface area contributed by atoms with E-state index in [1.165, 1.54) is 0 Å². The molecule has 0 saturated carbocycles. The quantitative estimate of drug-likeness (QED) is 0.628. The van der Waals surface area contributed by atoms with Crippen molar-refractivity contribution in [2.45, 2.75) is 0 Å². The summed E-state index contributed by atoms with van der Waals surface area (Å²) in [6.45, 7) is 0. The summed E-state index contributed by atoms with van der Waals surface area (Å²) in [7, 11) is 0. The zero-order chi connectivity index (χ0) is 10.4. The van der Waals surface area contributed by atoms with E-state index in [1.54, 1.807) is 0 Å². The minimum Gasteiger partial charge on any atom is -0.350 e. The summed E-state index contributed by atoms with van der Waals surface area (Å²) in [5.74, 6) is 0. The molecule has 0 fully saturated rings. The van der Waals surface area contributed by atoms with Crippen LogP contribution in [0.2, 0.25) is 5.02 Å². The molecule has 1 aliphatic heterocycles. The van der Waals surface area contributed by atoms with Crippen LogP contribution in [0.1, 0.15) is 0 Å². The Kier molecular flexibility index (Phi) is 1.63. The number of hydrogen-bond donors (Lipinski definition) is 2. The molecule has 15 heavy (non-hydrogen) atoms. The molecule has 0 spiro atoms. The summed E-state index contributed by atoms with van der Waals surface area (Å²) < 4.78 is 0. The topological polar surface area (TPSA) is 56.2 Å². The molecule has 2 aromatic rings. The Hall–Kier alpha value is -1.76. The van der Waals surface area contributed by atoms with Crippen molar-refractivity contribution in [3.63, 3.8) is 0 Å². The van der Waals surface area contributed by atoms with Gasteiger partial charge in [0.1, 0.15) is 11.5 Å². The maximum Gasteiger partial charge on any atom is 0.222 e. The van der Waals surface area contributed by atoms with Gasteiger partial charge in [0.05, 0.1) is 5.22 Å². The average molecular weight is 217 g/mol. The van der Waals surface area contributed by atoms with Crippen molar-refractivity contribution in [1.29, 1.82) is 5.26 Å². The average Bonchev–Trinajstić information content (AvgIpc) is 2.76. The van der Waals surface area contributed by atoms with Gasteiger partial charge in [-0.3, -0.25) is 5.32 Å². The summed E-state index contributed by atoms with van der Waals surface area (Å²) in [6, 6.07) is 7.84. The molecular formula is C11H7ClN3+. The fraction of sp³-hybridized carbons (Fsp3) is 0. The predicted octanol–water partition coefficient (Wildman–Crippen LogP) is -0.232. The number of rotatable bonds is 0. The van der Waals surface area contributed by atoms with E-state index in [2.05, 4.69) is 11.1 Å². The summed E-state index contributed by atoms with van der Waals surface area (Å²) in [6.07, 6.45) is 1.92. The van der Waals surface area contributed by atoms with E-state index < -0.39 is 0 Å². The Bertz CT molecular complexity index is 719. The molecule has 3 nitrogen and oxygen atoms in total. The fourth-order valence-electron chi connectivity index (χ4n) is 1.94. The molecule has 0 saturated heterocycles. The van der Waals surface area contributed by atoms with E-state index in [9.17, 15) is 0 Å². The van der Waals surface area contributed by atoms with Crippen molar-refractivity contribution < 1.29 is 5.32 Å². The second-order valence-corrected chi connectivity index (χ2v) is 3.90. The van der Waals surface area contributed by atoms with Crippen LogP contribution in [0, 0.1) is 11.3 Å². The number of nitrogens with two attached hydrogens (primary N) is 1. The van der Waals surface area contributed by atoms with E-state index in [-0.39, 0.29) is 0 Å². The third-order valence-corrected chi connectivity index (χ3v) is 2.83. The molecule has 0 unspecified atom stereocenters. The molecule has 3 N–H and O–H groups in total. The molecule has 4 heteroatoms. The van der Waals surface area contributed by atoms with Crippen LogP contribution in [-0.4, -0.2) is 4.98 Å². The van der Waals surface area contributed by atoms with Crippen LogP contribution in [0.25, 0.3) is 22.8 Å². The Morgan fingerprint density at radius 1 is 1.40 bits per heavy atom. The molecule has 3 rings (SSSR count). The number of H-pyrrole nitrogens is 1. The molecule has 2 heterocycles. The second-order valence-electron chi connectivity index (χ2n) is 3.46. The standard InChI is InChI=1S/C11H6ClN3/c12-6-1-2-8-7(3-6)11-9(4-13)14-5-10(11)15-8/h1-3,5,14-15H/p+1. The first-order valence-corrected chi connectivity index (χ1v) is 4.94. The number of hydrogen-bond acceptors (Lipinski definition) is 1. The molecule has 1 aliphatic rings. The van der Waals surface area contributed by atoms with E-state index >= 15 is 0 Å². The lowest BCUT2D eigenvalue weighted by molar-refractivity contribution is -0.444. The van der Waals surface area contributed by atoms with E-state index in [0.29, 0.717) is 10.7 Å². The molecule has 0 bridgehead atoms. The number of nitriles is 1. The first kappa shape index (κ1) is 8.54. The van der Waals surface area contributed by atoms with Crippen molar-refractivity contribution in [3.05, 3.63) is 33.8 Å². The molecular weight excluding hydrogens is 210 g/mol. The Labute approximate surface area is 90.3 Å². The van der Waals surface area contributed by atoms with Crippen LogP contribution in [0.5, 0.6) is 0 Å². The van der Waals surface area contributed by atoms with Crippen molar-refractivity contribution in [2.75, 3.05) is 0 Å². The van der Waals surface area contributed by atoms with Gasteiger partial charge in [-0.05, 0) is 18.2 Å².